The van der Waals surface area contributed by atoms with E-state index >= 15 is 0 Å². The second-order valence-corrected chi connectivity index (χ2v) is 9.48. The summed E-state index contributed by atoms with van der Waals surface area (Å²) >= 11 is 2.85. The quantitative estimate of drug-likeness (QED) is 0.659. The Labute approximate surface area is 171 Å². The Hall–Kier alpha value is -2.17. The smallest absolute Gasteiger partial charge is 0.263 e. The first kappa shape index (κ1) is 20.6. The maximum absolute atomic E-state index is 13.2. The van der Waals surface area contributed by atoms with Gasteiger partial charge in [-0.15, -0.1) is 21.5 Å². The van der Waals surface area contributed by atoms with Crippen LogP contribution in [0.1, 0.15) is 41.0 Å². The van der Waals surface area contributed by atoms with Crippen LogP contribution in [0.4, 0.5) is 5.13 Å². The van der Waals surface area contributed by atoms with Gasteiger partial charge in [-0.3, -0.25) is 19.5 Å². The molecule has 0 aliphatic heterocycles. The number of nitrogens with one attached hydrogen (secondary N) is 1. The Morgan fingerprint density at radius 1 is 1.21 bits per heavy atom. The Morgan fingerprint density at radius 3 is 2.54 bits per heavy atom. The maximum Gasteiger partial charge on any atom is 0.263 e. The molecule has 0 atom stereocenters. The van der Waals surface area contributed by atoms with Gasteiger partial charge >= 0.3 is 0 Å². The van der Waals surface area contributed by atoms with Crippen molar-refractivity contribution in [1.82, 2.24) is 24.6 Å². The van der Waals surface area contributed by atoms with Crippen LogP contribution in [-0.2, 0) is 17.9 Å². The van der Waals surface area contributed by atoms with Gasteiger partial charge in [-0.25, -0.2) is 4.98 Å². The summed E-state index contributed by atoms with van der Waals surface area (Å²) < 4.78 is 1.46. The lowest BCUT2D eigenvalue weighted by molar-refractivity contribution is -0.116. The molecular weight excluding hydrogens is 396 g/mol. The molecule has 3 aromatic heterocycles. The Kier molecular flexibility index (Phi) is 5.92. The summed E-state index contributed by atoms with van der Waals surface area (Å²) in [5, 5.41) is 12.7. The first-order valence-electron chi connectivity index (χ1n) is 8.94. The minimum atomic E-state index is -0.320. The van der Waals surface area contributed by atoms with Crippen LogP contribution in [0.2, 0.25) is 0 Å². The third kappa shape index (κ3) is 4.13. The van der Waals surface area contributed by atoms with Gasteiger partial charge < -0.3 is 4.90 Å². The van der Waals surface area contributed by atoms with E-state index in [1.54, 1.807) is 0 Å². The fourth-order valence-electron chi connectivity index (χ4n) is 2.76. The molecule has 3 heterocycles. The Balaban J connectivity index is 1.95. The van der Waals surface area contributed by atoms with Crippen molar-refractivity contribution in [2.75, 3.05) is 19.4 Å². The van der Waals surface area contributed by atoms with Gasteiger partial charge in [0.15, 0.2) is 0 Å². The van der Waals surface area contributed by atoms with E-state index in [2.05, 4.69) is 20.5 Å². The van der Waals surface area contributed by atoms with Crippen molar-refractivity contribution in [2.45, 2.75) is 46.7 Å². The zero-order valence-electron chi connectivity index (χ0n) is 16.9. The van der Waals surface area contributed by atoms with Crippen LogP contribution in [0.15, 0.2) is 4.79 Å². The first-order chi connectivity index (χ1) is 13.2. The highest BCUT2D eigenvalue weighted by Crippen LogP contribution is 2.26. The molecule has 0 bridgehead atoms. The van der Waals surface area contributed by atoms with Crippen LogP contribution < -0.4 is 10.9 Å². The average molecular weight is 421 g/mol. The molecule has 0 unspecified atom stereocenters. The molecule has 3 rings (SSSR count). The zero-order chi connectivity index (χ0) is 20.6. The summed E-state index contributed by atoms with van der Waals surface area (Å²) in [7, 11) is 3.81. The van der Waals surface area contributed by atoms with Crippen LogP contribution in [0.5, 0.6) is 0 Å². The van der Waals surface area contributed by atoms with Crippen molar-refractivity contribution in [3.05, 3.63) is 31.6 Å². The molecule has 3 aromatic rings. The number of hydrogen-bond donors (Lipinski definition) is 1. The number of hydrogen-bond acceptors (Lipinski definition) is 8. The third-order valence-corrected chi connectivity index (χ3v) is 6.55. The molecule has 0 aliphatic carbocycles. The normalized spacial score (nSPS) is 11.7. The van der Waals surface area contributed by atoms with E-state index in [0.29, 0.717) is 22.9 Å². The predicted molar refractivity (Wildman–Crippen MR) is 113 cm³/mol. The van der Waals surface area contributed by atoms with Crippen LogP contribution in [-0.4, -0.2) is 44.7 Å². The molecule has 150 valence electrons. The minimum absolute atomic E-state index is 0.115. The third-order valence-electron chi connectivity index (χ3n) is 4.31. The molecule has 28 heavy (non-hydrogen) atoms. The Morgan fingerprint density at radius 2 is 1.93 bits per heavy atom. The van der Waals surface area contributed by atoms with Gasteiger partial charge in [0.1, 0.15) is 22.2 Å². The van der Waals surface area contributed by atoms with Gasteiger partial charge in [0, 0.05) is 10.8 Å². The summed E-state index contributed by atoms with van der Waals surface area (Å²) in [6.07, 6.45) is 0. The molecule has 0 saturated carbocycles. The number of thiophene rings is 1. The monoisotopic (exact) mass is 420 g/mol. The highest BCUT2D eigenvalue weighted by Gasteiger charge is 2.19. The number of amides is 1. The van der Waals surface area contributed by atoms with Crippen molar-refractivity contribution < 1.29 is 4.79 Å². The van der Waals surface area contributed by atoms with E-state index in [0.717, 1.165) is 20.3 Å². The second kappa shape index (κ2) is 8.06. The van der Waals surface area contributed by atoms with Gasteiger partial charge in [0.2, 0.25) is 11.0 Å². The maximum atomic E-state index is 13.2. The minimum Gasteiger partial charge on any atom is -0.302 e. The number of aryl methyl sites for hydroxylation is 2. The van der Waals surface area contributed by atoms with Crippen molar-refractivity contribution in [1.29, 1.82) is 0 Å². The number of aromatic nitrogens is 4. The van der Waals surface area contributed by atoms with Crippen molar-refractivity contribution in [2.24, 2.45) is 0 Å². The summed E-state index contributed by atoms with van der Waals surface area (Å²) in [5.74, 6) is 0.493. The highest BCUT2D eigenvalue weighted by molar-refractivity contribution is 7.18. The number of nitrogens with zero attached hydrogens (tertiary/aromatic N) is 5. The zero-order valence-corrected chi connectivity index (χ0v) is 18.5. The topological polar surface area (TPSA) is 93.0 Å². The predicted octanol–water partition coefficient (Wildman–Crippen LogP) is 2.75. The average Bonchev–Trinajstić information content (AvgIpc) is 3.16. The van der Waals surface area contributed by atoms with E-state index < -0.39 is 0 Å². The van der Waals surface area contributed by atoms with Crippen molar-refractivity contribution in [3.8, 4) is 0 Å². The SMILES string of the molecule is Cc1sc2nc(CN(C)C)n(CC(=O)Nc3nnc(C(C)C)s3)c(=O)c2c1C. The summed E-state index contributed by atoms with van der Waals surface area (Å²) in [6.45, 7) is 8.28. The molecule has 0 saturated heterocycles. The number of fused-ring (bicyclic) bond motifs is 1. The fourth-order valence-corrected chi connectivity index (χ4v) is 4.56. The van der Waals surface area contributed by atoms with Crippen LogP contribution >= 0.6 is 22.7 Å². The van der Waals surface area contributed by atoms with E-state index in [1.807, 2.05) is 46.7 Å². The molecule has 8 nitrogen and oxygen atoms in total. The van der Waals surface area contributed by atoms with Crippen molar-refractivity contribution in [3.63, 3.8) is 0 Å². The molecule has 1 amide bonds. The molecular formula is C18H24N6O2S2. The molecule has 0 aromatic carbocycles. The van der Waals surface area contributed by atoms with E-state index in [1.165, 1.54) is 27.2 Å². The molecule has 0 radical (unpaired) electrons. The number of anilines is 1. The molecule has 0 fully saturated rings. The van der Waals surface area contributed by atoms with E-state index in [9.17, 15) is 9.59 Å². The summed E-state index contributed by atoms with van der Waals surface area (Å²) in [6, 6.07) is 0. The fraction of sp³-hybridized carbons (Fsp3) is 0.500. The largest absolute Gasteiger partial charge is 0.302 e. The van der Waals surface area contributed by atoms with Crippen molar-refractivity contribution >= 4 is 43.9 Å². The molecule has 1 N–H and O–H groups in total. The lowest BCUT2D eigenvalue weighted by Crippen LogP contribution is -2.32. The highest BCUT2D eigenvalue weighted by atomic mass is 32.1. The number of rotatable bonds is 6. The van der Waals surface area contributed by atoms with Crippen LogP contribution in [0, 0.1) is 13.8 Å². The number of carbonyl (C=O) groups is 1. The summed E-state index contributed by atoms with van der Waals surface area (Å²) in [4.78, 5) is 34.1. The van der Waals surface area contributed by atoms with E-state index in [4.69, 9.17) is 0 Å². The van der Waals surface area contributed by atoms with Crippen LogP contribution in [0.25, 0.3) is 10.2 Å². The lowest BCUT2D eigenvalue weighted by atomic mass is 10.2. The van der Waals surface area contributed by atoms with E-state index in [-0.39, 0.29) is 23.9 Å². The van der Waals surface area contributed by atoms with Gasteiger partial charge in [-0.2, -0.15) is 0 Å². The standard InChI is InChI=1S/C18H24N6O2S2/c1-9(2)15-21-22-18(28-15)20-13(25)8-24-12(7-23(5)6)19-16-14(17(24)26)10(3)11(4)27-16/h9H,7-8H2,1-6H3,(H,20,22,25). The van der Waals surface area contributed by atoms with Gasteiger partial charge in [0.05, 0.1) is 11.9 Å². The van der Waals surface area contributed by atoms with Crippen LogP contribution in [0.3, 0.4) is 0 Å². The second-order valence-electron chi connectivity index (χ2n) is 7.27. The Bertz CT molecular complexity index is 1080. The van der Waals surface area contributed by atoms with Gasteiger partial charge in [0.25, 0.3) is 5.56 Å². The van der Waals surface area contributed by atoms with Gasteiger partial charge in [-0.1, -0.05) is 25.2 Å². The van der Waals surface area contributed by atoms with Gasteiger partial charge in [-0.05, 0) is 33.5 Å². The molecule has 10 heteroatoms. The number of carbonyl (C=O) groups excluding carboxylic acids is 1. The first-order valence-corrected chi connectivity index (χ1v) is 10.6. The summed E-state index contributed by atoms with van der Waals surface area (Å²) in [5.41, 5.74) is 0.743. The molecule has 0 spiro atoms. The molecule has 0 aliphatic rings. The lowest BCUT2D eigenvalue weighted by Gasteiger charge is -2.15.